The molecule has 5 heteroatoms. The third-order valence-corrected chi connectivity index (χ3v) is 4.43. The molecule has 0 aliphatic carbocycles. The summed E-state index contributed by atoms with van der Waals surface area (Å²) >= 11 is 0. The zero-order chi connectivity index (χ0) is 15.7. The molecule has 0 bridgehead atoms. The highest BCUT2D eigenvalue weighted by Gasteiger charge is 2.23. The first kappa shape index (κ1) is 14.8. The maximum Gasteiger partial charge on any atom is 0.354 e. The molecule has 0 radical (unpaired) electrons. The summed E-state index contributed by atoms with van der Waals surface area (Å²) in [5.74, 6) is -0.0757. The number of ketones is 1. The fourth-order valence-electron chi connectivity index (χ4n) is 3.10. The number of carbonyl (C=O) groups excluding carboxylic acids is 2. The third-order valence-electron chi connectivity index (χ3n) is 4.43. The molecule has 1 N–H and O–H groups in total. The quantitative estimate of drug-likeness (QED) is 0.697. The van der Waals surface area contributed by atoms with Gasteiger partial charge in [-0.05, 0) is 38.1 Å². The number of aryl methyl sites for hydroxylation is 1. The normalized spacial score (nSPS) is 15.9. The number of hydrogen-bond acceptors (Lipinski definition) is 4. The molecule has 1 aliphatic rings. The van der Waals surface area contributed by atoms with E-state index in [1.807, 2.05) is 25.2 Å². The average molecular weight is 300 g/mol. The van der Waals surface area contributed by atoms with Crippen LogP contribution in [0, 0.1) is 5.92 Å². The Labute approximate surface area is 129 Å². The largest absolute Gasteiger partial charge is 0.464 e. The first-order valence-electron chi connectivity index (χ1n) is 7.54. The molecule has 2 aromatic rings. The fraction of sp³-hybridized carbons (Fsp3) is 0.412. The number of ether oxygens (including phenoxy) is 1. The molecular weight excluding hydrogens is 280 g/mol. The molecule has 0 atom stereocenters. The number of methoxy groups -OCH3 is 1. The molecule has 0 amide bonds. The smallest absolute Gasteiger partial charge is 0.354 e. The van der Waals surface area contributed by atoms with Crippen LogP contribution in [0.15, 0.2) is 24.3 Å². The molecule has 1 aliphatic heterocycles. The van der Waals surface area contributed by atoms with Crippen molar-refractivity contribution >= 4 is 22.7 Å². The minimum Gasteiger partial charge on any atom is -0.464 e. The summed E-state index contributed by atoms with van der Waals surface area (Å²) in [7, 11) is 3.18. The molecule has 0 saturated carbocycles. The number of piperidine rings is 1. The molecule has 1 aromatic heterocycles. The van der Waals surface area contributed by atoms with Crippen molar-refractivity contribution in [2.45, 2.75) is 12.8 Å². The number of esters is 1. The predicted octanol–water partition coefficient (Wildman–Crippen LogP) is 2.15. The number of fused-ring (bicyclic) bond motifs is 1. The molecule has 3 rings (SSSR count). The second kappa shape index (κ2) is 5.93. The molecule has 116 valence electrons. The summed E-state index contributed by atoms with van der Waals surface area (Å²) in [5, 5.41) is 4.21. The highest BCUT2D eigenvalue weighted by Crippen LogP contribution is 2.24. The molecule has 22 heavy (non-hydrogen) atoms. The van der Waals surface area contributed by atoms with Crippen molar-refractivity contribution in [3.63, 3.8) is 0 Å². The van der Waals surface area contributed by atoms with Gasteiger partial charge in [0.15, 0.2) is 5.78 Å². The van der Waals surface area contributed by atoms with Crippen molar-refractivity contribution in [1.82, 2.24) is 9.88 Å². The lowest BCUT2D eigenvalue weighted by Gasteiger charge is -2.21. The van der Waals surface area contributed by atoms with Crippen LogP contribution in [-0.4, -0.2) is 36.5 Å². The van der Waals surface area contributed by atoms with E-state index in [1.165, 1.54) is 7.11 Å². The van der Waals surface area contributed by atoms with Gasteiger partial charge in [0, 0.05) is 29.4 Å². The second-order valence-electron chi connectivity index (χ2n) is 5.74. The second-order valence-corrected chi connectivity index (χ2v) is 5.74. The Bertz CT molecular complexity index is 727. The van der Waals surface area contributed by atoms with Gasteiger partial charge in [-0.1, -0.05) is 12.1 Å². The SMILES string of the molecule is COC(=O)c1cc2ccc(C(=O)C3CCNCC3)cc2n1C. The zero-order valence-electron chi connectivity index (χ0n) is 12.9. The van der Waals surface area contributed by atoms with Crippen LogP contribution < -0.4 is 5.32 Å². The monoisotopic (exact) mass is 300 g/mol. The average Bonchev–Trinajstić information content (AvgIpc) is 2.90. The van der Waals surface area contributed by atoms with E-state index in [2.05, 4.69) is 5.32 Å². The maximum absolute atomic E-state index is 12.6. The van der Waals surface area contributed by atoms with Crippen LogP contribution in [0.5, 0.6) is 0 Å². The summed E-state index contributed by atoms with van der Waals surface area (Å²) in [6, 6.07) is 7.43. The van der Waals surface area contributed by atoms with Crippen molar-refractivity contribution in [1.29, 1.82) is 0 Å². The van der Waals surface area contributed by atoms with Gasteiger partial charge in [-0.2, -0.15) is 0 Å². The van der Waals surface area contributed by atoms with Crippen LogP contribution in [0.2, 0.25) is 0 Å². The van der Waals surface area contributed by atoms with Gasteiger partial charge in [-0.25, -0.2) is 4.79 Å². The highest BCUT2D eigenvalue weighted by molar-refractivity contribution is 6.02. The van der Waals surface area contributed by atoms with Crippen molar-refractivity contribution in [3.8, 4) is 0 Å². The van der Waals surface area contributed by atoms with Crippen LogP contribution in [0.1, 0.15) is 33.7 Å². The summed E-state index contributed by atoms with van der Waals surface area (Å²) in [4.78, 5) is 24.4. The molecule has 0 unspecified atom stereocenters. The van der Waals surface area contributed by atoms with Crippen molar-refractivity contribution < 1.29 is 14.3 Å². The van der Waals surface area contributed by atoms with E-state index >= 15 is 0 Å². The number of aromatic nitrogens is 1. The van der Waals surface area contributed by atoms with Gasteiger partial charge in [0.2, 0.25) is 0 Å². The molecule has 1 aromatic carbocycles. The van der Waals surface area contributed by atoms with E-state index in [9.17, 15) is 9.59 Å². The van der Waals surface area contributed by atoms with Gasteiger partial charge in [0.25, 0.3) is 0 Å². The number of nitrogens with one attached hydrogen (secondary N) is 1. The van der Waals surface area contributed by atoms with Crippen LogP contribution in [0.25, 0.3) is 10.9 Å². The van der Waals surface area contributed by atoms with E-state index in [0.717, 1.165) is 42.4 Å². The van der Waals surface area contributed by atoms with E-state index in [1.54, 1.807) is 10.6 Å². The van der Waals surface area contributed by atoms with Crippen LogP contribution in [0.3, 0.4) is 0 Å². The predicted molar refractivity (Wildman–Crippen MR) is 84.2 cm³/mol. The lowest BCUT2D eigenvalue weighted by molar-refractivity contribution is 0.0590. The lowest BCUT2D eigenvalue weighted by Crippen LogP contribution is -2.31. The van der Waals surface area contributed by atoms with E-state index in [0.29, 0.717) is 5.69 Å². The summed E-state index contributed by atoms with van der Waals surface area (Å²) in [6.07, 6.45) is 1.77. The fourth-order valence-corrected chi connectivity index (χ4v) is 3.10. The van der Waals surface area contributed by atoms with Gasteiger partial charge in [-0.3, -0.25) is 4.79 Å². The molecule has 0 spiro atoms. The number of Topliss-reactive ketones (excluding diaryl/α,β-unsaturated/α-hetero) is 1. The summed E-state index contributed by atoms with van der Waals surface area (Å²) in [5.41, 5.74) is 2.08. The first-order valence-corrected chi connectivity index (χ1v) is 7.54. The van der Waals surface area contributed by atoms with Gasteiger partial charge in [0.1, 0.15) is 5.69 Å². The first-order chi connectivity index (χ1) is 10.6. The zero-order valence-corrected chi connectivity index (χ0v) is 12.9. The number of nitrogens with zero attached hydrogens (tertiary/aromatic N) is 1. The maximum atomic E-state index is 12.6. The van der Waals surface area contributed by atoms with E-state index in [-0.39, 0.29) is 17.7 Å². The minimum absolute atomic E-state index is 0.0963. The number of rotatable bonds is 3. The van der Waals surface area contributed by atoms with Gasteiger partial charge < -0.3 is 14.6 Å². The summed E-state index contributed by atoms with van der Waals surface area (Å²) in [6.45, 7) is 1.80. The third kappa shape index (κ3) is 2.52. The van der Waals surface area contributed by atoms with Gasteiger partial charge >= 0.3 is 5.97 Å². The number of carbonyl (C=O) groups is 2. The molecule has 1 fully saturated rings. The van der Waals surface area contributed by atoms with Crippen molar-refractivity contribution in [2.24, 2.45) is 13.0 Å². The number of benzene rings is 1. The Morgan fingerprint density at radius 1 is 1.23 bits per heavy atom. The molecule has 5 nitrogen and oxygen atoms in total. The summed E-state index contributed by atoms with van der Waals surface area (Å²) < 4.78 is 6.56. The van der Waals surface area contributed by atoms with Crippen LogP contribution >= 0.6 is 0 Å². The Morgan fingerprint density at radius 2 is 1.95 bits per heavy atom. The Morgan fingerprint density at radius 3 is 2.64 bits per heavy atom. The van der Waals surface area contributed by atoms with Crippen molar-refractivity contribution in [2.75, 3.05) is 20.2 Å². The standard InChI is InChI=1S/C17H20N2O3/c1-19-14-10-13(16(20)11-5-7-18-8-6-11)4-3-12(14)9-15(19)17(21)22-2/h3-4,9-11,18H,5-8H2,1-2H3. The Balaban J connectivity index is 1.97. The van der Waals surface area contributed by atoms with Crippen LogP contribution in [-0.2, 0) is 11.8 Å². The van der Waals surface area contributed by atoms with Gasteiger partial charge in [-0.15, -0.1) is 0 Å². The van der Waals surface area contributed by atoms with E-state index in [4.69, 9.17) is 4.74 Å². The topological polar surface area (TPSA) is 60.3 Å². The highest BCUT2D eigenvalue weighted by atomic mass is 16.5. The Kier molecular flexibility index (Phi) is 3.98. The van der Waals surface area contributed by atoms with E-state index < -0.39 is 0 Å². The minimum atomic E-state index is -0.370. The molecule has 1 saturated heterocycles. The van der Waals surface area contributed by atoms with Gasteiger partial charge in [0.05, 0.1) is 7.11 Å². The molecular formula is C17H20N2O3. The molecule has 2 heterocycles. The lowest BCUT2D eigenvalue weighted by atomic mass is 9.89. The van der Waals surface area contributed by atoms with Crippen molar-refractivity contribution in [3.05, 3.63) is 35.5 Å². The van der Waals surface area contributed by atoms with Crippen LogP contribution in [0.4, 0.5) is 0 Å². The Hall–Kier alpha value is -2.14. The number of hydrogen-bond donors (Lipinski definition) is 1.